The molecule has 7 nitrogen and oxygen atoms in total. The standard InChI is InChI=1S/C23H17NO6/c25-22(12-11-18-13-20-21(29-15-28-20)14-19(18)24(26)27)30-23(16-7-3-1-4-8-16)17-9-5-2-6-10-17/h1-14,23H,15H2/b12-11+. The van der Waals surface area contributed by atoms with Crippen LogP contribution in [0.15, 0.2) is 78.9 Å². The van der Waals surface area contributed by atoms with E-state index in [2.05, 4.69) is 0 Å². The van der Waals surface area contributed by atoms with Gasteiger partial charge >= 0.3 is 5.97 Å². The molecule has 3 aromatic carbocycles. The predicted molar refractivity (Wildman–Crippen MR) is 109 cm³/mol. The number of fused-ring (bicyclic) bond motifs is 1. The topological polar surface area (TPSA) is 87.9 Å². The van der Waals surface area contributed by atoms with Gasteiger partial charge in [0.1, 0.15) is 0 Å². The molecule has 150 valence electrons. The van der Waals surface area contributed by atoms with Crippen LogP contribution in [0.5, 0.6) is 11.5 Å². The number of rotatable bonds is 6. The first-order valence-electron chi connectivity index (χ1n) is 9.18. The van der Waals surface area contributed by atoms with E-state index in [0.29, 0.717) is 11.5 Å². The lowest BCUT2D eigenvalue weighted by molar-refractivity contribution is -0.385. The van der Waals surface area contributed by atoms with Crippen molar-refractivity contribution in [1.29, 1.82) is 0 Å². The number of benzene rings is 3. The number of ether oxygens (including phenoxy) is 3. The molecule has 0 atom stereocenters. The van der Waals surface area contributed by atoms with Crippen LogP contribution in [0.1, 0.15) is 22.8 Å². The highest BCUT2D eigenvalue weighted by Gasteiger charge is 2.23. The predicted octanol–water partition coefficient (Wildman–Crippen LogP) is 4.67. The molecular formula is C23H17NO6. The Morgan fingerprint density at radius 2 is 1.53 bits per heavy atom. The average Bonchev–Trinajstić information content (AvgIpc) is 3.24. The molecular weight excluding hydrogens is 386 g/mol. The Hall–Kier alpha value is -4.13. The number of hydrogen-bond donors (Lipinski definition) is 0. The first kappa shape index (κ1) is 19.2. The Balaban J connectivity index is 1.59. The highest BCUT2D eigenvalue weighted by molar-refractivity contribution is 5.88. The zero-order valence-electron chi connectivity index (χ0n) is 15.8. The Kier molecular flexibility index (Phi) is 5.43. The van der Waals surface area contributed by atoms with Crippen molar-refractivity contribution in [1.82, 2.24) is 0 Å². The molecule has 0 saturated heterocycles. The third-order valence-corrected chi connectivity index (χ3v) is 4.56. The van der Waals surface area contributed by atoms with Crippen molar-refractivity contribution < 1.29 is 23.9 Å². The molecule has 1 aliphatic heterocycles. The second-order valence-corrected chi connectivity index (χ2v) is 6.49. The Labute approximate surface area is 172 Å². The third kappa shape index (κ3) is 4.15. The molecule has 30 heavy (non-hydrogen) atoms. The SMILES string of the molecule is O=C(/C=C/c1cc2c(cc1[N+](=O)[O-])OCO2)OC(c1ccccc1)c1ccccc1. The van der Waals surface area contributed by atoms with Gasteiger partial charge < -0.3 is 14.2 Å². The Morgan fingerprint density at radius 3 is 2.10 bits per heavy atom. The molecule has 0 spiro atoms. The van der Waals surface area contributed by atoms with Gasteiger partial charge in [0.15, 0.2) is 17.6 Å². The molecule has 0 saturated carbocycles. The number of nitrogens with zero attached hydrogens (tertiary/aromatic N) is 1. The lowest BCUT2D eigenvalue weighted by Gasteiger charge is -2.18. The first-order valence-corrected chi connectivity index (χ1v) is 9.18. The Bertz CT molecular complexity index is 1060. The summed E-state index contributed by atoms with van der Waals surface area (Å²) in [6.45, 7) is -0.00245. The summed E-state index contributed by atoms with van der Waals surface area (Å²) in [7, 11) is 0. The maximum absolute atomic E-state index is 12.6. The molecule has 0 bridgehead atoms. The summed E-state index contributed by atoms with van der Waals surface area (Å²) >= 11 is 0. The van der Waals surface area contributed by atoms with E-state index in [1.807, 2.05) is 60.7 Å². The van der Waals surface area contributed by atoms with Crippen molar-refractivity contribution in [3.05, 3.63) is 106 Å². The van der Waals surface area contributed by atoms with Gasteiger partial charge in [0.25, 0.3) is 5.69 Å². The lowest BCUT2D eigenvalue weighted by Crippen LogP contribution is -2.10. The van der Waals surface area contributed by atoms with Crippen LogP contribution in [-0.4, -0.2) is 17.7 Å². The number of nitro benzene ring substituents is 1. The van der Waals surface area contributed by atoms with Crippen molar-refractivity contribution in [3.63, 3.8) is 0 Å². The van der Waals surface area contributed by atoms with Gasteiger partial charge in [-0.15, -0.1) is 0 Å². The summed E-state index contributed by atoms with van der Waals surface area (Å²) in [6, 6.07) is 21.5. The average molecular weight is 403 g/mol. The molecule has 1 heterocycles. The summed E-state index contributed by atoms with van der Waals surface area (Å²) in [5.41, 5.74) is 1.67. The lowest BCUT2D eigenvalue weighted by atomic mass is 10.0. The van der Waals surface area contributed by atoms with Crippen molar-refractivity contribution in [2.45, 2.75) is 6.10 Å². The molecule has 0 radical (unpaired) electrons. The van der Waals surface area contributed by atoms with Gasteiger partial charge in [0.05, 0.1) is 16.6 Å². The normalized spacial score (nSPS) is 12.3. The maximum Gasteiger partial charge on any atom is 0.331 e. The fraction of sp³-hybridized carbons (Fsp3) is 0.0870. The van der Waals surface area contributed by atoms with E-state index >= 15 is 0 Å². The van der Waals surface area contributed by atoms with Gasteiger partial charge in [-0.25, -0.2) is 4.79 Å². The van der Waals surface area contributed by atoms with Crippen LogP contribution in [0.25, 0.3) is 6.08 Å². The Morgan fingerprint density at radius 1 is 0.967 bits per heavy atom. The monoisotopic (exact) mass is 403 g/mol. The van der Waals surface area contributed by atoms with Crippen LogP contribution >= 0.6 is 0 Å². The van der Waals surface area contributed by atoms with Gasteiger partial charge in [-0.2, -0.15) is 0 Å². The molecule has 0 aliphatic carbocycles. The van der Waals surface area contributed by atoms with E-state index in [-0.39, 0.29) is 18.0 Å². The molecule has 0 N–H and O–H groups in total. The molecule has 0 amide bonds. The largest absolute Gasteiger partial charge is 0.454 e. The van der Waals surface area contributed by atoms with Crippen LogP contribution < -0.4 is 9.47 Å². The van der Waals surface area contributed by atoms with Crippen LogP contribution in [0, 0.1) is 10.1 Å². The van der Waals surface area contributed by atoms with Crippen molar-refractivity contribution >= 4 is 17.7 Å². The first-order chi connectivity index (χ1) is 14.6. The fourth-order valence-corrected chi connectivity index (χ4v) is 3.14. The zero-order valence-corrected chi connectivity index (χ0v) is 15.8. The molecule has 3 aromatic rings. The van der Waals surface area contributed by atoms with Crippen LogP contribution in [0.4, 0.5) is 5.69 Å². The second kappa shape index (κ2) is 8.48. The number of carbonyl (C=O) groups excluding carboxylic acids is 1. The van der Waals surface area contributed by atoms with E-state index in [4.69, 9.17) is 14.2 Å². The minimum Gasteiger partial charge on any atom is -0.454 e. The fourth-order valence-electron chi connectivity index (χ4n) is 3.14. The summed E-state index contributed by atoms with van der Waals surface area (Å²) < 4.78 is 16.1. The van der Waals surface area contributed by atoms with E-state index in [9.17, 15) is 14.9 Å². The number of esters is 1. The highest BCUT2D eigenvalue weighted by atomic mass is 16.7. The highest BCUT2D eigenvalue weighted by Crippen LogP contribution is 2.38. The molecule has 7 heteroatoms. The van der Waals surface area contributed by atoms with Crippen LogP contribution in [0.3, 0.4) is 0 Å². The van der Waals surface area contributed by atoms with E-state index in [1.165, 1.54) is 24.3 Å². The van der Waals surface area contributed by atoms with Crippen molar-refractivity contribution in [3.8, 4) is 11.5 Å². The summed E-state index contributed by atoms with van der Waals surface area (Å²) in [5, 5.41) is 11.4. The zero-order chi connectivity index (χ0) is 20.9. The quantitative estimate of drug-likeness (QED) is 0.257. The van der Waals surface area contributed by atoms with Crippen LogP contribution in [-0.2, 0) is 9.53 Å². The third-order valence-electron chi connectivity index (χ3n) is 4.56. The number of hydrogen-bond acceptors (Lipinski definition) is 6. The van der Waals surface area contributed by atoms with Gasteiger partial charge in [0, 0.05) is 6.08 Å². The summed E-state index contributed by atoms with van der Waals surface area (Å²) in [5.74, 6) is 0.0642. The second-order valence-electron chi connectivity index (χ2n) is 6.49. The molecule has 1 aliphatic rings. The van der Waals surface area contributed by atoms with Gasteiger partial charge in [-0.05, 0) is 23.3 Å². The summed E-state index contributed by atoms with van der Waals surface area (Å²) in [6.07, 6.45) is 1.91. The van der Waals surface area contributed by atoms with Gasteiger partial charge in [-0.3, -0.25) is 10.1 Å². The smallest absolute Gasteiger partial charge is 0.331 e. The number of nitro groups is 1. The molecule has 4 rings (SSSR count). The van der Waals surface area contributed by atoms with Crippen molar-refractivity contribution in [2.75, 3.05) is 6.79 Å². The van der Waals surface area contributed by atoms with Gasteiger partial charge in [-0.1, -0.05) is 60.7 Å². The van der Waals surface area contributed by atoms with E-state index in [1.54, 1.807) is 0 Å². The van der Waals surface area contributed by atoms with Crippen LogP contribution in [0.2, 0.25) is 0 Å². The molecule has 0 aromatic heterocycles. The minimum atomic E-state index is -0.625. The van der Waals surface area contributed by atoms with E-state index < -0.39 is 17.0 Å². The maximum atomic E-state index is 12.6. The molecule has 0 fully saturated rings. The summed E-state index contributed by atoms with van der Waals surface area (Å²) in [4.78, 5) is 23.4. The number of carbonyl (C=O) groups is 1. The minimum absolute atomic E-state index is 0.00245. The molecule has 0 unspecified atom stereocenters. The van der Waals surface area contributed by atoms with E-state index in [0.717, 1.165) is 11.1 Å². The van der Waals surface area contributed by atoms with Crippen molar-refractivity contribution in [2.24, 2.45) is 0 Å². The van der Waals surface area contributed by atoms with Gasteiger partial charge in [0.2, 0.25) is 6.79 Å².